The van der Waals surface area contributed by atoms with Gasteiger partial charge in [-0.1, -0.05) is 6.07 Å². The average molecular weight is 268 g/mol. The summed E-state index contributed by atoms with van der Waals surface area (Å²) < 4.78 is 7.25. The minimum Gasteiger partial charge on any atom is -0.495 e. The van der Waals surface area contributed by atoms with Gasteiger partial charge in [-0.25, -0.2) is 9.97 Å². The second kappa shape index (κ2) is 4.52. The van der Waals surface area contributed by atoms with Crippen LogP contribution in [0.25, 0.3) is 16.9 Å². The summed E-state index contributed by atoms with van der Waals surface area (Å²) in [7, 11) is 1.64. The van der Waals surface area contributed by atoms with Crippen molar-refractivity contribution >= 4 is 17.1 Å². The van der Waals surface area contributed by atoms with Crippen molar-refractivity contribution < 1.29 is 4.74 Å². The van der Waals surface area contributed by atoms with Gasteiger partial charge < -0.3 is 10.5 Å². The van der Waals surface area contributed by atoms with E-state index in [0.717, 1.165) is 33.7 Å². The van der Waals surface area contributed by atoms with Crippen molar-refractivity contribution in [2.24, 2.45) is 0 Å². The molecule has 3 rings (SSSR count). The maximum absolute atomic E-state index is 6.08. The molecule has 0 atom stereocenters. The number of nitrogen functional groups attached to an aromatic ring is 1. The predicted molar refractivity (Wildman–Crippen MR) is 79.3 cm³/mol. The second-order valence-electron chi connectivity index (χ2n) is 4.78. The van der Waals surface area contributed by atoms with Crippen LogP contribution in [0.4, 0.5) is 5.95 Å². The van der Waals surface area contributed by atoms with Crippen LogP contribution in [0.3, 0.4) is 0 Å². The second-order valence-corrected chi connectivity index (χ2v) is 4.78. The van der Waals surface area contributed by atoms with Gasteiger partial charge >= 0.3 is 0 Å². The first-order chi connectivity index (χ1) is 9.61. The molecule has 0 saturated heterocycles. The quantitative estimate of drug-likeness (QED) is 0.776. The summed E-state index contributed by atoms with van der Waals surface area (Å²) in [6.07, 6.45) is 1.76. The Morgan fingerprint density at radius 2 is 2.00 bits per heavy atom. The van der Waals surface area contributed by atoms with Crippen LogP contribution in [0.1, 0.15) is 11.1 Å². The van der Waals surface area contributed by atoms with Crippen molar-refractivity contribution in [3.05, 3.63) is 41.6 Å². The molecular weight excluding hydrogens is 252 g/mol. The summed E-state index contributed by atoms with van der Waals surface area (Å²) in [5.74, 6) is 1.15. The number of anilines is 1. The van der Waals surface area contributed by atoms with Crippen LogP contribution in [0.2, 0.25) is 0 Å². The Hall–Kier alpha value is -2.56. The van der Waals surface area contributed by atoms with Crippen LogP contribution in [0.15, 0.2) is 30.5 Å². The third-order valence-electron chi connectivity index (χ3n) is 3.35. The molecule has 20 heavy (non-hydrogen) atoms. The van der Waals surface area contributed by atoms with E-state index in [-0.39, 0.29) is 0 Å². The summed E-state index contributed by atoms with van der Waals surface area (Å²) >= 11 is 0. The number of hydrogen-bond donors (Lipinski definition) is 1. The molecule has 0 bridgehead atoms. The highest BCUT2D eigenvalue weighted by Crippen LogP contribution is 2.30. The Balaban J connectivity index is 2.38. The molecule has 2 N–H and O–H groups in total. The average Bonchev–Trinajstić information content (AvgIpc) is 2.76. The van der Waals surface area contributed by atoms with E-state index in [1.54, 1.807) is 13.3 Å². The van der Waals surface area contributed by atoms with E-state index in [1.165, 1.54) is 0 Å². The van der Waals surface area contributed by atoms with E-state index in [0.29, 0.717) is 5.95 Å². The third kappa shape index (κ3) is 1.79. The molecule has 3 aromatic rings. The molecule has 0 saturated carbocycles. The van der Waals surface area contributed by atoms with Crippen LogP contribution in [0, 0.1) is 13.8 Å². The first-order valence-electron chi connectivity index (χ1n) is 6.36. The van der Waals surface area contributed by atoms with E-state index >= 15 is 0 Å². The molecule has 102 valence electrons. The summed E-state index contributed by atoms with van der Waals surface area (Å²) in [6.45, 7) is 4.02. The summed E-state index contributed by atoms with van der Waals surface area (Å²) in [6, 6.07) is 7.86. The fourth-order valence-corrected chi connectivity index (χ4v) is 2.32. The number of methoxy groups -OCH3 is 1. The zero-order valence-corrected chi connectivity index (χ0v) is 11.7. The Labute approximate surface area is 117 Å². The molecule has 0 aliphatic rings. The molecule has 5 nitrogen and oxygen atoms in total. The Bertz CT molecular complexity index is 792. The maximum Gasteiger partial charge on any atom is 0.207 e. The van der Waals surface area contributed by atoms with E-state index in [1.807, 2.05) is 42.7 Å². The van der Waals surface area contributed by atoms with Gasteiger partial charge in [0.2, 0.25) is 5.95 Å². The van der Waals surface area contributed by atoms with Crippen molar-refractivity contribution in [3.63, 3.8) is 0 Å². The molecule has 0 fully saturated rings. The fourth-order valence-electron chi connectivity index (χ4n) is 2.32. The number of nitrogens with two attached hydrogens (primary N) is 1. The number of nitrogens with zero attached hydrogens (tertiary/aromatic N) is 3. The van der Waals surface area contributed by atoms with E-state index < -0.39 is 0 Å². The minimum atomic E-state index is 0.408. The van der Waals surface area contributed by atoms with E-state index in [9.17, 15) is 0 Å². The first kappa shape index (κ1) is 12.5. The van der Waals surface area contributed by atoms with Crippen LogP contribution < -0.4 is 10.5 Å². The van der Waals surface area contributed by atoms with Gasteiger partial charge in [-0.2, -0.15) is 0 Å². The van der Waals surface area contributed by atoms with Gasteiger partial charge in [-0.3, -0.25) is 4.57 Å². The van der Waals surface area contributed by atoms with Gasteiger partial charge in [-0.05, 0) is 43.2 Å². The number of benzene rings is 1. The van der Waals surface area contributed by atoms with Crippen molar-refractivity contribution in [3.8, 4) is 11.4 Å². The van der Waals surface area contributed by atoms with Crippen molar-refractivity contribution in [1.82, 2.24) is 14.5 Å². The van der Waals surface area contributed by atoms with E-state index in [2.05, 4.69) is 9.97 Å². The number of rotatable bonds is 2. The molecule has 1 aromatic carbocycles. The number of pyridine rings is 1. The first-order valence-corrected chi connectivity index (χ1v) is 6.36. The van der Waals surface area contributed by atoms with Gasteiger partial charge in [0, 0.05) is 6.20 Å². The predicted octanol–water partition coefficient (Wildman–Crippen LogP) is 2.63. The molecule has 2 heterocycles. The standard InChI is InChI=1S/C15H16N4O/c1-9-4-5-12(20-3)11(8-9)19-14-13(18-15(19)16)10(2)6-7-17-14/h4-8H,1-3H3,(H2,16,18). The summed E-state index contributed by atoms with van der Waals surface area (Å²) in [5.41, 5.74) is 10.7. The molecule has 0 amide bonds. The van der Waals surface area contributed by atoms with Crippen LogP contribution in [-0.4, -0.2) is 21.6 Å². The van der Waals surface area contributed by atoms with Crippen LogP contribution in [0.5, 0.6) is 5.75 Å². The number of hydrogen-bond acceptors (Lipinski definition) is 4. The van der Waals surface area contributed by atoms with Crippen LogP contribution in [-0.2, 0) is 0 Å². The highest BCUT2D eigenvalue weighted by Gasteiger charge is 2.16. The fraction of sp³-hybridized carbons (Fsp3) is 0.200. The van der Waals surface area contributed by atoms with Crippen molar-refractivity contribution in [2.45, 2.75) is 13.8 Å². The van der Waals surface area contributed by atoms with Gasteiger partial charge in [0.25, 0.3) is 0 Å². The van der Waals surface area contributed by atoms with Crippen LogP contribution >= 0.6 is 0 Å². The molecule has 0 aliphatic heterocycles. The van der Waals surface area contributed by atoms with Gasteiger partial charge in [0.15, 0.2) is 5.65 Å². The Morgan fingerprint density at radius 3 is 2.75 bits per heavy atom. The Morgan fingerprint density at radius 1 is 1.20 bits per heavy atom. The highest BCUT2D eigenvalue weighted by atomic mass is 16.5. The molecule has 5 heteroatoms. The lowest BCUT2D eigenvalue weighted by molar-refractivity contribution is 0.413. The molecule has 0 radical (unpaired) electrons. The lowest BCUT2D eigenvalue weighted by Gasteiger charge is -2.12. The minimum absolute atomic E-state index is 0.408. The number of fused-ring (bicyclic) bond motifs is 1. The topological polar surface area (TPSA) is 66.0 Å². The molecule has 0 aliphatic carbocycles. The molecule has 0 unspecified atom stereocenters. The lowest BCUT2D eigenvalue weighted by Crippen LogP contribution is -2.04. The third-order valence-corrected chi connectivity index (χ3v) is 3.35. The van der Waals surface area contributed by atoms with Crippen molar-refractivity contribution in [2.75, 3.05) is 12.8 Å². The summed E-state index contributed by atoms with van der Waals surface area (Å²) in [4.78, 5) is 8.83. The summed E-state index contributed by atoms with van der Waals surface area (Å²) in [5, 5.41) is 0. The smallest absolute Gasteiger partial charge is 0.207 e. The van der Waals surface area contributed by atoms with E-state index in [4.69, 9.17) is 10.5 Å². The maximum atomic E-state index is 6.08. The SMILES string of the molecule is COc1ccc(C)cc1-n1c(N)nc2c(C)ccnc21. The largest absolute Gasteiger partial charge is 0.495 e. The molecule has 0 spiro atoms. The monoisotopic (exact) mass is 268 g/mol. The number of imidazole rings is 1. The van der Waals surface area contributed by atoms with Crippen molar-refractivity contribution in [1.29, 1.82) is 0 Å². The zero-order chi connectivity index (χ0) is 14.3. The number of aryl methyl sites for hydroxylation is 2. The number of aromatic nitrogens is 3. The Kier molecular flexibility index (Phi) is 2.82. The highest BCUT2D eigenvalue weighted by molar-refractivity contribution is 5.80. The van der Waals surface area contributed by atoms with Gasteiger partial charge in [0.05, 0.1) is 12.8 Å². The number of ether oxygens (including phenoxy) is 1. The van der Waals surface area contributed by atoms with Gasteiger partial charge in [-0.15, -0.1) is 0 Å². The molecular formula is C15H16N4O. The molecule has 2 aromatic heterocycles. The van der Waals surface area contributed by atoms with Gasteiger partial charge in [0.1, 0.15) is 11.3 Å². The zero-order valence-electron chi connectivity index (χ0n) is 11.7. The normalized spacial score (nSPS) is 10.9. The lowest BCUT2D eigenvalue weighted by atomic mass is 10.2.